The van der Waals surface area contributed by atoms with Crippen LogP contribution in [0.1, 0.15) is 30.9 Å². The second kappa shape index (κ2) is 2.82. The van der Waals surface area contributed by atoms with Crippen LogP contribution >= 0.6 is 11.6 Å². The van der Waals surface area contributed by atoms with E-state index in [9.17, 15) is 0 Å². The molecule has 1 aliphatic carbocycles. The van der Waals surface area contributed by atoms with Gasteiger partial charge in [0.2, 0.25) is 0 Å². The van der Waals surface area contributed by atoms with Crippen molar-refractivity contribution in [3.05, 3.63) is 29.0 Å². The molecule has 0 amide bonds. The molecule has 11 heavy (non-hydrogen) atoms. The summed E-state index contributed by atoms with van der Waals surface area (Å²) in [6.07, 6.45) is 3.92. The van der Waals surface area contributed by atoms with Crippen LogP contribution in [0.4, 0.5) is 0 Å². The van der Waals surface area contributed by atoms with E-state index in [-0.39, 0.29) is 0 Å². The van der Waals surface area contributed by atoms with Crippen LogP contribution < -0.4 is 0 Å². The molecule has 1 fully saturated rings. The first-order valence-corrected chi connectivity index (χ1v) is 4.36. The van der Waals surface area contributed by atoms with Gasteiger partial charge in [-0.25, -0.2) is 4.98 Å². The van der Waals surface area contributed by atoms with Gasteiger partial charge in [-0.15, -0.1) is 0 Å². The first-order valence-electron chi connectivity index (χ1n) is 3.99. The lowest BCUT2D eigenvalue weighted by atomic mass is 9.83. The first-order chi connectivity index (χ1) is 5.36. The molecule has 1 saturated carbocycles. The van der Waals surface area contributed by atoms with Crippen molar-refractivity contribution in [2.45, 2.75) is 25.2 Å². The van der Waals surface area contributed by atoms with Crippen LogP contribution in [0, 0.1) is 0 Å². The van der Waals surface area contributed by atoms with Gasteiger partial charge in [0, 0.05) is 11.6 Å². The Balaban J connectivity index is 2.23. The smallest absolute Gasteiger partial charge is 0.129 e. The standard InChI is InChI=1S/C9H10ClN/c10-9-6-2-5-8(11-9)7-3-1-4-7/h2,5-7H,1,3-4H2. The molecule has 2 rings (SSSR count). The molecular weight excluding hydrogens is 158 g/mol. The highest BCUT2D eigenvalue weighted by Gasteiger charge is 2.20. The van der Waals surface area contributed by atoms with Gasteiger partial charge >= 0.3 is 0 Å². The monoisotopic (exact) mass is 167 g/mol. The van der Waals surface area contributed by atoms with E-state index in [0.29, 0.717) is 11.1 Å². The normalized spacial score (nSPS) is 17.9. The molecule has 1 aromatic heterocycles. The van der Waals surface area contributed by atoms with Crippen LogP contribution in [0.2, 0.25) is 5.15 Å². The van der Waals surface area contributed by atoms with Crippen LogP contribution in [0.3, 0.4) is 0 Å². The molecule has 58 valence electrons. The summed E-state index contributed by atoms with van der Waals surface area (Å²) in [6, 6.07) is 5.86. The maximum Gasteiger partial charge on any atom is 0.129 e. The zero-order valence-electron chi connectivity index (χ0n) is 6.26. The molecule has 0 N–H and O–H groups in total. The second-order valence-corrected chi connectivity index (χ2v) is 3.40. The predicted molar refractivity (Wildman–Crippen MR) is 45.8 cm³/mol. The second-order valence-electron chi connectivity index (χ2n) is 3.01. The van der Waals surface area contributed by atoms with Crippen molar-refractivity contribution >= 4 is 11.6 Å². The SMILES string of the molecule is Clc1cccc(C2CCC2)n1. The summed E-state index contributed by atoms with van der Waals surface area (Å²) in [4.78, 5) is 4.26. The Labute approximate surface area is 71.4 Å². The van der Waals surface area contributed by atoms with E-state index in [2.05, 4.69) is 11.1 Å². The molecule has 1 heterocycles. The summed E-state index contributed by atoms with van der Waals surface area (Å²) in [5, 5.41) is 0.620. The summed E-state index contributed by atoms with van der Waals surface area (Å²) in [6.45, 7) is 0. The summed E-state index contributed by atoms with van der Waals surface area (Å²) in [5.74, 6) is 0.689. The molecule has 0 aliphatic heterocycles. The Morgan fingerprint density at radius 3 is 2.73 bits per heavy atom. The van der Waals surface area contributed by atoms with Crippen molar-refractivity contribution in [1.29, 1.82) is 0 Å². The van der Waals surface area contributed by atoms with Crippen molar-refractivity contribution in [3.8, 4) is 0 Å². The number of halogens is 1. The Hall–Kier alpha value is -0.560. The quantitative estimate of drug-likeness (QED) is 0.586. The molecule has 1 aromatic rings. The van der Waals surface area contributed by atoms with Crippen molar-refractivity contribution in [2.75, 3.05) is 0 Å². The Morgan fingerprint density at radius 1 is 1.36 bits per heavy atom. The third-order valence-corrected chi connectivity index (χ3v) is 2.47. The predicted octanol–water partition coefficient (Wildman–Crippen LogP) is 3.00. The topological polar surface area (TPSA) is 12.9 Å². The van der Waals surface area contributed by atoms with Crippen molar-refractivity contribution in [2.24, 2.45) is 0 Å². The molecular formula is C9H10ClN. The van der Waals surface area contributed by atoms with Gasteiger partial charge in [0.25, 0.3) is 0 Å². The Morgan fingerprint density at radius 2 is 2.18 bits per heavy atom. The number of rotatable bonds is 1. The fourth-order valence-electron chi connectivity index (χ4n) is 1.36. The Bertz CT molecular complexity index is 255. The fraction of sp³-hybridized carbons (Fsp3) is 0.444. The van der Waals surface area contributed by atoms with Crippen LogP contribution in [-0.4, -0.2) is 4.98 Å². The average Bonchev–Trinajstić information content (AvgIpc) is 1.83. The van der Waals surface area contributed by atoms with Crippen LogP contribution in [0.5, 0.6) is 0 Å². The molecule has 0 spiro atoms. The van der Waals surface area contributed by atoms with E-state index in [1.807, 2.05) is 12.1 Å². The maximum absolute atomic E-state index is 5.76. The molecule has 0 saturated heterocycles. The average molecular weight is 168 g/mol. The number of pyridine rings is 1. The lowest BCUT2D eigenvalue weighted by Crippen LogP contribution is -2.10. The fourth-order valence-corrected chi connectivity index (χ4v) is 1.53. The van der Waals surface area contributed by atoms with E-state index >= 15 is 0 Å². The highest BCUT2D eigenvalue weighted by Crippen LogP contribution is 2.35. The van der Waals surface area contributed by atoms with Gasteiger partial charge in [0.05, 0.1) is 0 Å². The zero-order chi connectivity index (χ0) is 7.68. The number of hydrogen-bond donors (Lipinski definition) is 0. The number of aromatic nitrogens is 1. The van der Waals surface area contributed by atoms with Gasteiger partial charge in [-0.1, -0.05) is 24.1 Å². The molecule has 0 unspecified atom stereocenters. The molecule has 1 aliphatic rings. The van der Waals surface area contributed by atoms with Crippen molar-refractivity contribution < 1.29 is 0 Å². The number of nitrogens with zero attached hydrogens (tertiary/aromatic N) is 1. The summed E-state index contributed by atoms with van der Waals surface area (Å²) >= 11 is 5.76. The lowest BCUT2D eigenvalue weighted by molar-refractivity contribution is 0.411. The van der Waals surface area contributed by atoms with Gasteiger partial charge in [0.1, 0.15) is 5.15 Å². The van der Waals surface area contributed by atoms with E-state index in [1.54, 1.807) is 0 Å². The van der Waals surface area contributed by atoms with E-state index in [0.717, 1.165) is 0 Å². The molecule has 0 aromatic carbocycles. The lowest BCUT2D eigenvalue weighted by Gasteiger charge is -2.24. The third kappa shape index (κ3) is 1.38. The Kier molecular flexibility index (Phi) is 1.82. The van der Waals surface area contributed by atoms with Crippen molar-refractivity contribution in [3.63, 3.8) is 0 Å². The highest BCUT2D eigenvalue weighted by molar-refractivity contribution is 6.29. The summed E-state index contributed by atoms with van der Waals surface area (Å²) in [7, 11) is 0. The molecule has 1 nitrogen and oxygen atoms in total. The van der Waals surface area contributed by atoms with Gasteiger partial charge in [-0.05, 0) is 25.0 Å². The van der Waals surface area contributed by atoms with Gasteiger partial charge in [0.15, 0.2) is 0 Å². The zero-order valence-corrected chi connectivity index (χ0v) is 7.01. The molecule has 2 heteroatoms. The minimum atomic E-state index is 0.620. The van der Waals surface area contributed by atoms with E-state index < -0.39 is 0 Å². The van der Waals surface area contributed by atoms with E-state index in [1.165, 1.54) is 25.0 Å². The first kappa shape index (κ1) is 7.11. The van der Waals surface area contributed by atoms with Gasteiger partial charge in [-0.3, -0.25) is 0 Å². The van der Waals surface area contributed by atoms with E-state index in [4.69, 9.17) is 11.6 Å². The minimum Gasteiger partial charge on any atom is -0.241 e. The summed E-state index contributed by atoms with van der Waals surface area (Å²) < 4.78 is 0. The van der Waals surface area contributed by atoms with Gasteiger partial charge in [-0.2, -0.15) is 0 Å². The molecule has 0 atom stereocenters. The van der Waals surface area contributed by atoms with Crippen molar-refractivity contribution in [1.82, 2.24) is 4.98 Å². The van der Waals surface area contributed by atoms with Crippen LogP contribution in [0.15, 0.2) is 18.2 Å². The third-order valence-electron chi connectivity index (χ3n) is 2.26. The van der Waals surface area contributed by atoms with Crippen LogP contribution in [0.25, 0.3) is 0 Å². The number of hydrogen-bond acceptors (Lipinski definition) is 1. The van der Waals surface area contributed by atoms with Crippen LogP contribution in [-0.2, 0) is 0 Å². The largest absolute Gasteiger partial charge is 0.241 e. The van der Waals surface area contributed by atoms with Gasteiger partial charge < -0.3 is 0 Å². The summed E-state index contributed by atoms with van der Waals surface area (Å²) in [5.41, 5.74) is 1.17. The minimum absolute atomic E-state index is 0.620. The maximum atomic E-state index is 5.76. The highest BCUT2D eigenvalue weighted by atomic mass is 35.5. The molecule has 0 radical (unpaired) electrons. The molecule has 0 bridgehead atoms.